The molecule has 3 rings (SSSR count). The summed E-state index contributed by atoms with van der Waals surface area (Å²) < 4.78 is 0. The first-order valence-electron chi connectivity index (χ1n) is 7.65. The van der Waals surface area contributed by atoms with Crippen LogP contribution in [0.15, 0.2) is 30.5 Å². The fourth-order valence-corrected chi connectivity index (χ4v) is 2.97. The summed E-state index contributed by atoms with van der Waals surface area (Å²) in [6, 6.07) is 4.53. The van der Waals surface area contributed by atoms with Crippen molar-refractivity contribution < 1.29 is 14.4 Å². The zero-order valence-corrected chi connectivity index (χ0v) is 13.2. The molecule has 0 bridgehead atoms. The molecule has 0 aliphatic carbocycles. The van der Waals surface area contributed by atoms with Crippen molar-refractivity contribution >= 4 is 23.4 Å². The second-order valence-corrected chi connectivity index (χ2v) is 6.19. The third kappa shape index (κ3) is 2.60. The molecule has 3 amide bonds. The number of rotatable bonds is 3. The van der Waals surface area contributed by atoms with E-state index in [0.717, 1.165) is 10.6 Å². The molecule has 6 heteroatoms. The smallest absolute Gasteiger partial charge is 0.262 e. The molecule has 2 aliphatic heterocycles. The van der Waals surface area contributed by atoms with Gasteiger partial charge in [-0.3, -0.25) is 19.3 Å². The van der Waals surface area contributed by atoms with E-state index in [1.807, 2.05) is 13.8 Å². The average molecular weight is 313 g/mol. The number of carbonyl (C=O) groups excluding carboxylic acids is 3. The van der Waals surface area contributed by atoms with Crippen molar-refractivity contribution in [2.45, 2.75) is 38.8 Å². The maximum Gasteiger partial charge on any atom is 0.262 e. The van der Waals surface area contributed by atoms with E-state index in [9.17, 15) is 14.4 Å². The van der Waals surface area contributed by atoms with Crippen LogP contribution in [0.25, 0.3) is 0 Å². The summed E-state index contributed by atoms with van der Waals surface area (Å²) in [5.74, 6) is -1.17. The van der Waals surface area contributed by atoms with Crippen molar-refractivity contribution in [2.75, 3.05) is 5.32 Å². The second-order valence-electron chi connectivity index (χ2n) is 6.19. The van der Waals surface area contributed by atoms with Gasteiger partial charge in [0.15, 0.2) is 0 Å². The van der Waals surface area contributed by atoms with Crippen LogP contribution in [-0.2, 0) is 4.79 Å². The van der Waals surface area contributed by atoms with Crippen molar-refractivity contribution in [1.82, 2.24) is 10.2 Å². The van der Waals surface area contributed by atoms with Crippen molar-refractivity contribution in [3.63, 3.8) is 0 Å². The van der Waals surface area contributed by atoms with Gasteiger partial charge < -0.3 is 10.6 Å². The molecular weight excluding hydrogens is 294 g/mol. The standard InChI is InChI=1S/C17H19N3O3/c1-9(2)18-11-5-6-12-13(8-11)17(23)20(16(12)22)14-7-4-10(3)19-15(14)21/h5-6,8-9,14,18H,3-4,7H2,1-2H3,(H,19,21). The Bertz CT molecular complexity index is 724. The van der Waals surface area contributed by atoms with Crippen LogP contribution in [0.4, 0.5) is 5.69 Å². The lowest BCUT2D eigenvalue weighted by atomic mass is 10.0. The lowest BCUT2D eigenvalue weighted by molar-refractivity contribution is -0.125. The van der Waals surface area contributed by atoms with Crippen molar-refractivity contribution in [3.05, 3.63) is 41.6 Å². The van der Waals surface area contributed by atoms with Crippen LogP contribution in [0.2, 0.25) is 0 Å². The van der Waals surface area contributed by atoms with Gasteiger partial charge in [-0.1, -0.05) is 6.58 Å². The SMILES string of the molecule is C=C1CCC(N2C(=O)c3ccc(NC(C)C)cc3C2=O)C(=O)N1. The molecule has 0 aromatic heterocycles. The lowest BCUT2D eigenvalue weighted by Crippen LogP contribution is -2.51. The number of amides is 3. The summed E-state index contributed by atoms with van der Waals surface area (Å²) in [5, 5.41) is 5.83. The molecule has 1 aromatic carbocycles. The van der Waals surface area contributed by atoms with E-state index >= 15 is 0 Å². The van der Waals surface area contributed by atoms with E-state index in [-0.39, 0.29) is 11.9 Å². The normalized spacial score (nSPS) is 20.8. The molecule has 2 N–H and O–H groups in total. The number of carbonyl (C=O) groups is 3. The highest BCUT2D eigenvalue weighted by atomic mass is 16.2. The Balaban J connectivity index is 1.91. The third-order valence-corrected chi connectivity index (χ3v) is 4.01. The maximum atomic E-state index is 12.6. The van der Waals surface area contributed by atoms with Crippen LogP contribution in [0.1, 0.15) is 47.4 Å². The van der Waals surface area contributed by atoms with E-state index in [2.05, 4.69) is 17.2 Å². The van der Waals surface area contributed by atoms with E-state index in [1.54, 1.807) is 18.2 Å². The van der Waals surface area contributed by atoms with E-state index in [0.29, 0.717) is 29.7 Å². The first kappa shape index (κ1) is 15.3. The number of benzene rings is 1. The molecule has 23 heavy (non-hydrogen) atoms. The molecular formula is C17H19N3O3. The molecule has 1 saturated heterocycles. The second kappa shape index (κ2) is 5.53. The van der Waals surface area contributed by atoms with Gasteiger partial charge in [0.2, 0.25) is 5.91 Å². The van der Waals surface area contributed by atoms with Gasteiger partial charge in [0.25, 0.3) is 11.8 Å². The Morgan fingerprint density at radius 3 is 2.57 bits per heavy atom. The monoisotopic (exact) mass is 313 g/mol. The largest absolute Gasteiger partial charge is 0.383 e. The molecule has 1 unspecified atom stereocenters. The zero-order valence-electron chi connectivity index (χ0n) is 13.2. The van der Waals surface area contributed by atoms with Gasteiger partial charge in [-0.05, 0) is 44.9 Å². The quantitative estimate of drug-likeness (QED) is 0.835. The Kier molecular flexibility index (Phi) is 3.67. The minimum atomic E-state index is -0.769. The summed E-state index contributed by atoms with van der Waals surface area (Å²) in [7, 11) is 0. The molecule has 0 radical (unpaired) electrons. The minimum absolute atomic E-state index is 0.214. The number of fused-ring (bicyclic) bond motifs is 1. The molecule has 1 atom stereocenters. The molecule has 0 spiro atoms. The minimum Gasteiger partial charge on any atom is -0.383 e. The zero-order chi connectivity index (χ0) is 16.7. The van der Waals surface area contributed by atoms with Crippen LogP contribution in [0.3, 0.4) is 0 Å². The summed E-state index contributed by atoms with van der Waals surface area (Å²) in [6.45, 7) is 7.70. The van der Waals surface area contributed by atoms with Crippen molar-refractivity contribution in [2.24, 2.45) is 0 Å². The summed E-state index contributed by atoms with van der Waals surface area (Å²) in [6.07, 6.45) is 0.969. The number of hydrogen-bond acceptors (Lipinski definition) is 4. The van der Waals surface area contributed by atoms with Gasteiger partial charge in [-0.2, -0.15) is 0 Å². The van der Waals surface area contributed by atoms with E-state index in [1.165, 1.54) is 0 Å². The third-order valence-electron chi connectivity index (χ3n) is 4.01. The predicted molar refractivity (Wildman–Crippen MR) is 86.0 cm³/mol. The summed E-state index contributed by atoms with van der Waals surface area (Å²) in [5.41, 5.74) is 2.09. The number of hydrogen-bond donors (Lipinski definition) is 2. The van der Waals surface area contributed by atoms with Gasteiger partial charge in [0.1, 0.15) is 6.04 Å². The highest BCUT2D eigenvalue weighted by Crippen LogP contribution is 2.30. The first-order chi connectivity index (χ1) is 10.9. The lowest BCUT2D eigenvalue weighted by Gasteiger charge is -2.29. The van der Waals surface area contributed by atoms with Crippen LogP contribution >= 0.6 is 0 Å². The Hall–Kier alpha value is -2.63. The Morgan fingerprint density at radius 1 is 1.22 bits per heavy atom. The maximum absolute atomic E-state index is 12.6. The Labute approximate surface area is 134 Å². The van der Waals surface area contributed by atoms with Gasteiger partial charge in [0.05, 0.1) is 11.1 Å². The van der Waals surface area contributed by atoms with Gasteiger partial charge in [0, 0.05) is 17.4 Å². The van der Waals surface area contributed by atoms with Crippen LogP contribution < -0.4 is 10.6 Å². The molecule has 0 saturated carbocycles. The topological polar surface area (TPSA) is 78.5 Å². The molecule has 1 aromatic rings. The molecule has 6 nitrogen and oxygen atoms in total. The van der Waals surface area contributed by atoms with Crippen LogP contribution in [0.5, 0.6) is 0 Å². The fraction of sp³-hybridized carbons (Fsp3) is 0.353. The van der Waals surface area contributed by atoms with Crippen LogP contribution in [0, 0.1) is 0 Å². The molecule has 2 aliphatic rings. The van der Waals surface area contributed by atoms with E-state index < -0.39 is 17.9 Å². The van der Waals surface area contributed by atoms with Gasteiger partial charge in [-0.15, -0.1) is 0 Å². The highest BCUT2D eigenvalue weighted by molar-refractivity contribution is 6.23. The highest BCUT2D eigenvalue weighted by Gasteiger charge is 2.43. The number of nitrogens with one attached hydrogen (secondary N) is 2. The molecule has 2 heterocycles. The van der Waals surface area contributed by atoms with Crippen LogP contribution in [-0.4, -0.2) is 34.7 Å². The Morgan fingerprint density at radius 2 is 1.91 bits per heavy atom. The number of allylic oxidation sites excluding steroid dienone is 1. The average Bonchev–Trinajstić information content (AvgIpc) is 2.71. The number of anilines is 1. The van der Waals surface area contributed by atoms with Gasteiger partial charge in [-0.25, -0.2) is 0 Å². The summed E-state index contributed by atoms with van der Waals surface area (Å²) in [4.78, 5) is 38.4. The van der Waals surface area contributed by atoms with E-state index in [4.69, 9.17) is 0 Å². The molecule has 1 fully saturated rings. The predicted octanol–water partition coefficient (Wildman–Crippen LogP) is 1.90. The fourth-order valence-electron chi connectivity index (χ4n) is 2.97. The van der Waals surface area contributed by atoms with Crippen molar-refractivity contribution in [1.29, 1.82) is 0 Å². The van der Waals surface area contributed by atoms with Gasteiger partial charge >= 0.3 is 0 Å². The number of nitrogens with zero attached hydrogens (tertiary/aromatic N) is 1. The summed E-state index contributed by atoms with van der Waals surface area (Å²) >= 11 is 0. The number of piperidine rings is 1. The molecule has 120 valence electrons. The number of imide groups is 1. The van der Waals surface area contributed by atoms with Crippen molar-refractivity contribution in [3.8, 4) is 0 Å². The first-order valence-corrected chi connectivity index (χ1v) is 7.65.